The number of likely N-dealkylation sites (N-methyl/N-ethyl adjacent to an activating group) is 1. The maximum Gasteiger partial charge on any atom is 0.306 e. The first-order chi connectivity index (χ1) is 42.6. The van der Waals surface area contributed by atoms with Gasteiger partial charge in [0.05, 0.1) is 40.3 Å². The molecule has 0 rings (SSSR count). The third-order valence-corrected chi connectivity index (χ3v) is 16.4. The number of rotatable bonds is 69. The lowest BCUT2D eigenvalue weighted by Crippen LogP contribution is -2.44. The Kier molecular flexibility index (Phi) is 66.1. The molecule has 506 valence electrons. The highest BCUT2D eigenvalue weighted by molar-refractivity contribution is 5.70. The van der Waals surface area contributed by atoms with Crippen LogP contribution in [0.1, 0.15) is 348 Å². The van der Waals surface area contributed by atoms with Gasteiger partial charge in [0.2, 0.25) is 0 Å². The molecule has 2 unspecified atom stereocenters. The van der Waals surface area contributed by atoms with E-state index in [2.05, 4.69) is 86.8 Å². The third kappa shape index (κ3) is 70.1. The Morgan fingerprint density at radius 1 is 0.345 bits per heavy atom. The van der Waals surface area contributed by atoms with Gasteiger partial charge in [0.1, 0.15) is 13.2 Å². The molecule has 0 saturated heterocycles. The van der Waals surface area contributed by atoms with Crippen molar-refractivity contribution in [2.24, 2.45) is 0 Å². The summed E-state index contributed by atoms with van der Waals surface area (Å²) in [4.78, 5) is 37.5. The molecule has 0 aliphatic carbocycles. The van der Waals surface area contributed by atoms with E-state index in [0.717, 1.165) is 70.6 Å². The lowest BCUT2D eigenvalue weighted by Gasteiger charge is -2.26. The van der Waals surface area contributed by atoms with Gasteiger partial charge in [-0.3, -0.25) is 9.59 Å². The molecule has 9 nitrogen and oxygen atoms in total. The monoisotopic (exact) mass is 1220 g/mol. The molecule has 0 amide bonds. The molecule has 2 atom stereocenters. The molecule has 0 spiro atoms. The summed E-state index contributed by atoms with van der Waals surface area (Å²) < 4.78 is 22.8. The van der Waals surface area contributed by atoms with Crippen molar-refractivity contribution in [2.45, 2.75) is 360 Å². The predicted molar refractivity (Wildman–Crippen MR) is 371 cm³/mol. The van der Waals surface area contributed by atoms with Gasteiger partial charge < -0.3 is 33.3 Å². The second kappa shape index (κ2) is 68.6. The van der Waals surface area contributed by atoms with Crippen LogP contribution in [0.3, 0.4) is 0 Å². The van der Waals surface area contributed by atoms with Crippen LogP contribution in [0.15, 0.2) is 72.9 Å². The highest BCUT2D eigenvalue weighted by Gasteiger charge is 2.22. The molecular formula is C78H141NO8. The molecule has 0 fully saturated rings. The van der Waals surface area contributed by atoms with Crippen molar-refractivity contribution in [2.75, 3.05) is 47.5 Å². The molecule has 0 bridgehead atoms. The number of carbonyl (C=O) groups is 3. The first kappa shape index (κ1) is 83.7. The number of nitrogens with zero attached hydrogens (tertiary/aromatic N) is 1. The maximum absolute atomic E-state index is 12.9. The standard InChI is InChI=1S/C78H141NO8/c1-6-8-10-12-14-16-18-20-22-24-26-28-30-31-32-33-34-35-36-37-38-39-40-41-42-43-44-45-47-49-51-53-55-57-59-61-63-65-67-69-76(81)87-74(73-86-78(77(82)83)84-71-70-79(3,4)5)72-85-75(80)68-66-64-62-60-58-56-54-52-50-48-46-29-27-25-23-21-19-17-15-13-11-9-7-2/h18-21,24-27,30-31,46,48,74,78H,6-17,22-23,28-29,32-45,47,49-73H2,1-5H3/b20-18-,21-19-,26-24-,27-25-,31-30-,48-46-. The summed E-state index contributed by atoms with van der Waals surface area (Å²) in [5.41, 5.74) is 0. The Hall–Kier alpha value is -3.27. The summed E-state index contributed by atoms with van der Waals surface area (Å²) in [5, 5.41) is 11.8. The summed E-state index contributed by atoms with van der Waals surface area (Å²) in [6.07, 6.45) is 88.6. The fourth-order valence-corrected chi connectivity index (χ4v) is 10.7. The molecule has 0 aromatic heterocycles. The van der Waals surface area contributed by atoms with Gasteiger partial charge in [0.25, 0.3) is 0 Å². The fourth-order valence-electron chi connectivity index (χ4n) is 10.7. The van der Waals surface area contributed by atoms with E-state index in [1.807, 2.05) is 21.1 Å². The number of carbonyl (C=O) groups excluding carboxylic acids is 3. The van der Waals surface area contributed by atoms with Gasteiger partial charge in [-0.25, -0.2) is 0 Å². The molecule has 0 radical (unpaired) electrons. The largest absolute Gasteiger partial charge is 0.545 e. The summed E-state index contributed by atoms with van der Waals surface area (Å²) in [6.45, 7) is 4.76. The predicted octanol–water partition coefficient (Wildman–Crippen LogP) is 21.9. The summed E-state index contributed by atoms with van der Waals surface area (Å²) >= 11 is 0. The number of aliphatic carboxylic acids is 1. The quantitative estimate of drug-likeness (QED) is 0.0195. The van der Waals surface area contributed by atoms with Crippen LogP contribution < -0.4 is 5.11 Å². The van der Waals surface area contributed by atoms with Crippen LogP contribution in [0.4, 0.5) is 0 Å². The SMILES string of the molecule is CCCCCCC/C=C\C/C=C\C/C=C\CCCCCCCCCCCCCCCCCCCCCCCCCCC(=O)OC(COC(=O)CCCCCCCCCC/C=C\C/C=C\C/C=C\CCCCCCC)COC(OCC[N+](C)(C)C)C(=O)[O-]. The lowest BCUT2D eigenvalue weighted by atomic mass is 10.0. The molecule has 9 heteroatoms. The van der Waals surface area contributed by atoms with Gasteiger partial charge in [-0.15, -0.1) is 0 Å². The van der Waals surface area contributed by atoms with Crippen LogP contribution in [0, 0.1) is 0 Å². The smallest absolute Gasteiger partial charge is 0.306 e. The van der Waals surface area contributed by atoms with Crippen molar-refractivity contribution < 1.29 is 42.9 Å². The van der Waals surface area contributed by atoms with E-state index in [-0.39, 0.29) is 38.6 Å². The number of quaternary nitrogens is 1. The molecule has 0 saturated carbocycles. The first-order valence-electron chi connectivity index (χ1n) is 37.1. The zero-order valence-electron chi connectivity index (χ0n) is 57.9. The van der Waals surface area contributed by atoms with Gasteiger partial charge in [-0.2, -0.15) is 0 Å². The van der Waals surface area contributed by atoms with E-state index < -0.39 is 24.3 Å². The number of hydrogen-bond donors (Lipinski definition) is 0. The van der Waals surface area contributed by atoms with Crippen molar-refractivity contribution in [1.82, 2.24) is 0 Å². The second-order valence-electron chi connectivity index (χ2n) is 26.2. The van der Waals surface area contributed by atoms with E-state index in [9.17, 15) is 19.5 Å². The Morgan fingerprint density at radius 2 is 0.621 bits per heavy atom. The highest BCUT2D eigenvalue weighted by atomic mass is 16.7. The molecule has 0 heterocycles. The number of allylic oxidation sites excluding steroid dienone is 12. The van der Waals surface area contributed by atoms with E-state index in [1.165, 1.54) is 244 Å². The topological polar surface area (TPSA) is 111 Å². The lowest BCUT2D eigenvalue weighted by molar-refractivity contribution is -0.870. The van der Waals surface area contributed by atoms with Crippen molar-refractivity contribution in [3.05, 3.63) is 72.9 Å². The van der Waals surface area contributed by atoms with Crippen LogP contribution in [0.2, 0.25) is 0 Å². The Bertz CT molecular complexity index is 1660. The van der Waals surface area contributed by atoms with Crippen molar-refractivity contribution in [1.29, 1.82) is 0 Å². The average molecular weight is 1220 g/mol. The first-order valence-corrected chi connectivity index (χ1v) is 37.1. The number of hydrogen-bond acceptors (Lipinski definition) is 8. The summed E-state index contributed by atoms with van der Waals surface area (Å²) in [6, 6.07) is 0. The van der Waals surface area contributed by atoms with Crippen LogP contribution in [0.25, 0.3) is 0 Å². The van der Waals surface area contributed by atoms with E-state index >= 15 is 0 Å². The molecule has 0 aromatic carbocycles. The van der Waals surface area contributed by atoms with Gasteiger partial charge in [-0.05, 0) is 89.9 Å². The molecule has 0 aliphatic heterocycles. The summed E-state index contributed by atoms with van der Waals surface area (Å²) in [7, 11) is 5.94. The minimum Gasteiger partial charge on any atom is -0.545 e. The Balaban J connectivity index is 4.01. The van der Waals surface area contributed by atoms with Crippen molar-refractivity contribution >= 4 is 17.9 Å². The number of esters is 2. The van der Waals surface area contributed by atoms with Gasteiger partial charge in [0, 0.05) is 12.8 Å². The Morgan fingerprint density at radius 3 is 0.920 bits per heavy atom. The van der Waals surface area contributed by atoms with E-state index in [1.54, 1.807) is 0 Å². The normalized spacial score (nSPS) is 13.1. The fraction of sp³-hybridized carbons (Fsp3) is 0.808. The maximum atomic E-state index is 12.9. The van der Waals surface area contributed by atoms with Crippen molar-refractivity contribution in [3.8, 4) is 0 Å². The highest BCUT2D eigenvalue weighted by Crippen LogP contribution is 2.18. The van der Waals surface area contributed by atoms with Gasteiger partial charge in [-0.1, -0.05) is 318 Å². The minimum absolute atomic E-state index is 0.146. The van der Waals surface area contributed by atoms with Crippen LogP contribution >= 0.6 is 0 Å². The molecular weight excluding hydrogens is 1080 g/mol. The van der Waals surface area contributed by atoms with Gasteiger partial charge in [0.15, 0.2) is 12.4 Å². The number of carboxylic acids is 1. The van der Waals surface area contributed by atoms with E-state index in [4.69, 9.17) is 18.9 Å². The molecule has 0 aromatic rings. The van der Waals surface area contributed by atoms with Crippen LogP contribution in [-0.4, -0.2) is 82.3 Å². The van der Waals surface area contributed by atoms with Crippen LogP contribution in [0.5, 0.6) is 0 Å². The Labute approximate surface area is 538 Å². The number of carboxylic acid groups (broad SMARTS) is 1. The van der Waals surface area contributed by atoms with E-state index in [0.29, 0.717) is 17.4 Å². The zero-order valence-corrected chi connectivity index (χ0v) is 57.9. The van der Waals surface area contributed by atoms with Crippen LogP contribution in [-0.2, 0) is 33.3 Å². The number of unbranched alkanes of at least 4 members (excludes halogenated alkanes) is 42. The molecule has 0 aliphatic rings. The molecule has 87 heavy (non-hydrogen) atoms. The number of ether oxygens (including phenoxy) is 4. The zero-order chi connectivity index (χ0) is 63.3. The second-order valence-corrected chi connectivity index (χ2v) is 26.2. The van der Waals surface area contributed by atoms with Gasteiger partial charge >= 0.3 is 11.9 Å². The third-order valence-electron chi connectivity index (χ3n) is 16.4. The molecule has 0 N–H and O–H groups in total. The average Bonchev–Trinajstić information content (AvgIpc) is 3.55. The minimum atomic E-state index is -1.62. The summed E-state index contributed by atoms with van der Waals surface area (Å²) in [5.74, 6) is -2.28. The van der Waals surface area contributed by atoms with Crippen molar-refractivity contribution in [3.63, 3.8) is 0 Å².